The molecule has 0 N–H and O–H groups in total. The average molecular weight is 451 g/mol. The van der Waals surface area contributed by atoms with Crippen LogP contribution in [0.4, 0.5) is 0 Å². The number of nitrogens with zero attached hydrogens (tertiary/aromatic N) is 2. The number of carbonyl (C=O) groups is 1. The van der Waals surface area contributed by atoms with E-state index in [2.05, 4.69) is 35.2 Å². The normalized spacial score (nSPS) is 17.7. The Labute approximate surface area is 193 Å². The Morgan fingerprint density at radius 1 is 1.03 bits per heavy atom. The highest BCUT2D eigenvalue weighted by molar-refractivity contribution is 7.19. The number of rotatable bonds is 6. The van der Waals surface area contributed by atoms with E-state index in [4.69, 9.17) is 9.47 Å². The first-order valence-corrected chi connectivity index (χ1v) is 12.3. The second-order valence-corrected chi connectivity index (χ2v) is 9.87. The fourth-order valence-corrected chi connectivity index (χ4v) is 5.80. The van der Waals surface area contributed by atoms with Crippen molar-refractivity contribution in [1.29, 1.82) is 0 Å². The Morgan fingerprint density at radius 3 is 2.56 bits per heavy atom. The quantitative estimate of drug-likeness (QED) is 0.518. The number of carbonyl (C=O) groups excluding carboxylic acids is 1. The molecule has 0 aliphatic carbocycles. The largest absolute Gasteiger partial charge is 0.497 e. The van der Waals surface area contributed by atoms with Crippen molar-refractivity contribution in [3.8, 4) is 11.5 Å². The van der Waals surface area contributed by atoms with Gasteiger partial charge in [0.25, 0.3) is 5.91 Å². The Bertz CT molecular complexity index is 1050. The second kappa shape index (κ2) is 9.51. The fraction of sp³-hybridized carbons (Fsp3) is 0.423. The number of hydrogen-bond acceptors (Lipinski definition) is 5. The van der Waals surface area contributed by atoms with Crippen molar-refractivity contribution in [2.24, 2.45) is 0 Å². The highest BCUT2D eigenvalue weighted by atomic mass is 32.1. The second-order valence-electron chi connectivity index (χ2n) is 8.71. The first-order valence-electron chi connectivity index (χ1n) is 11.5. The molecule has 0 atom stereocenters. The molecule has 0 spiro atoms. The maximum atomic E-state index is 13.0. The van der Waals surface area contributed by atoms with Crippen LogP contribution < -0.4 is 9.47 Å². The third-order valence-corrected chi connectivity index (χ3v) is 7.60. The molecule has 2 aliphatic rings. The van der Waals surface area contributed by atoms with Crippen molar-refractivity contribution < 1.29 is 14.3 Å². The van der Waals surface area contributed by atoms with E-state index in [9.17, 15) is 4.79 Å². The van der Waals surface area contributed by atoms with Crippen molar-refractivity contribution in [2.75, 3.05) is 33.3 Å². The molecule has 3 heterocycles. The number of fused-ring (bicyclic) bond motifs is 1. The van der Waals surface area contributed by atoms with Gasteiger partial charge in [0.15, 0.2) is 0 Å². The molecule has 0 radical (unpaired) electrons. The number of hydrogen-bond donors (Lipinski definition) is 0. The molecule has 0 bridgehead atoms. The highest BCUT2D eigenvalue weighted by Crippen LogP contribution is 2.31. The molecule has 32 heavy (non-hydrogen) atoms. The lowest BCUT2D eigenvalue weighted by molar-refractivity contribution is 0.0765. The minimum absolute atomic E-state index is 0.0716. The van der Waals surface area contributed by atoms with Crippen molar-refractivity contribution in [3.05, 3.63) is 59.0 Å². The van der Waals surface area contributed by atoms with E-state index in [0.29, 0.717) is 11.3 Å². The van der Waals surface area contributed by atoms with Gasteiger partial charge in [-0.25, -0.2) is 0 Å². The summed E-state index contributed by atoms with van der Waals surface area (Å²) in [7, 11) is 1.65. The van der Waals surface area contributed by atoms with E-state index in [-0.39, 0.29) is 12.0 Å². The topological polar surface area (TPSA) is 42.0 Å². The van der Waals surface area contributed by atoms with Crippen LogP contribution in [0.2, 0.25) is 0 Å². The summed E-state index contributed by atoms with van der Waals surface area (Å²) >= 11 is 1.89. The maximum Gasteiger partial charge on any atom is 0.257 e. The zero-order valence-corrected chi connectivity index (χ0v) is 19.4. The highest BCUT2D eigenvalue weighted by Gasteiger charge is 2.26. The molecule has 6 heteroatoms. The number of benzene rings is 2. The predicted molar refractivity (Wildman–Crippen MR) is 129 cm³/mol. The van der Waals surface area contributed by atoms with E-state index >= 15 is 0 Å². The van der Waals surface area contributed by atoms with E-state index in [0.717, 1.165) is 64.2 Å². The lowest BCUT2D eigenvalue weighted by Gasteiger charge is -2.32. The first-order chi connectivity index (χ1) is 15.7. The molecule has 2 fully saturated rings. The van der Waals surface area contributed by atoms with Crippen LogP contribution in [0.25, 0.3) is 10.1 Å². The molecule has 0 saturated carbocycles. The molecular formula is C26H30N2O3S. The number of thiophene rings is 1. The van der Waals surface area contributed by atoms with Gasteiger partial charge in [0.1, 0.15) is 17.6 Å². The van der Waals surface area contributed by atoms with Gasteiger partial charge in [-0.3, -0.25) is 9.69 Å². The molecule has 2 saturated heterocycles. The van der Waals surface area contributed by atoms with Crippen molar-refractivity contribution in [1.82, 2.24) is 9.80 Å². The molecule has 5 rings (SSSR count). The lowest BCUT2D eigenvalue weighted by Crippen LogP contribution is -2.38. The number of ether oxygens (including phenoxy) is 2. The third-order valence-electron chi connectivity index (χ3n) is 6.50. The molecule has 0 unspecified atom stereocenters. The minimum Gasteiger partial charge on any atom is -0.497 e. The molecule has 2 aromatic carbocycles. The molecule has 1 aromatic heterocycles. The monoisotopic (exact) mass is 450 g/mol. The summed E-state index contributed by atoms with van der Waals surface area (Å²) < 4.78 is 13.2. The van der Waals surface area contributed by atoms with Crippen LogP contribution in [0.15, 0.2) is 48.5 Å². The van der Waals surface area contributed by atoms with Gasteiger partial charge < -0.3 is 14.4 Å². The summed E-state index contributed by atoms with van der Waals surface area (Å²) in [4.78, 5) is 18.9. The fourth-order valence-electron chi connectivity index (χ4n) is 4.69. The summed E-state index contributed by atoms with van der Waals surface area (Å²) in [5, 5.41) is 1.33. The third kappa shape index (κ3) is 4.62. The van der Waals surface area contributed by atoms with Gasteiger partial charge in [-0.15, -0.1) is 11.3 Å². The first kappa shape index (κ1) is 21.3. The number of amides is 1. The standard InChI is InChI=1S/C26H30N2O3S/c1-30-21-8-9-23(26(29)28-12-4-5-13-28)24(17-21)31-20-10-14-27(15-11-20)18-22-16-19-6-2-3-7-25(19)32-22/h2-3,6-9,16-17,20H,4-5,10-15,18H2,1H3. The Balaban J connectivity index is 1.23. The number of piperidine rings is 1. The van der Waals surface area contributed by atoms with E-state index in [1.165, 1.54) is 15.0 Å². The molecular weight excluding hydrogens is 420 g/mol. The van der Waals surface area contributed by atoms with Crippen LogP contribution in [0.3, 0.4) is 0 Å². The zero-order chi connectivity index (χ0) is 21.9. The summed E-state index contributed by atoms with van der Waals surface area (Å²) in [6.45, 7) is 4.65. The van der Waals surface area contributed by atoms with Crippen LogP contribution >= 0.6 is 11.3 Å². The summed E-state index contributed by atoms with van der Waals surface area (Å²) in [5.74, 6) is 1.45. The zero-order valence-electron chi connectivity index (χ0n) is 18.6. The predicted octanol–water partition coefficient (Wildman–Crippen LogP) is 5.19. The summed E-state index contributed by atoms with van der Waals surface area (Å²) in [6.07, 6.45) is 4.19. The molecule has 2 aliphatic heterocycles. The smallest absolute Gasteiger partial charge is 0.257 e. The van der Waals surface area contributed by atoms with E-state index in [1.807, 2.05) is 34.4 Å². The van der Waals surface area contributed by atoms with Crippen LogP contribution in [-0.4, -0.2) is 55.1 Å². The van der Waals surface area contributed by atoms with Gasteiger partial charge in [0.05, 0.1) is 12.7 Å². The van der Waals surface area contributed by atoms with Crippen LogP contribution in [0.1, 0.15) is 40.9 Å². The molecule has 5 nitrogen and oxygen atoms in total. The maximum absolute atomic E-state index is 13.0. The van der Waals surface area contributed by atoms with Gasteiger partial charge in [-0.05, 0) is 55.3 Å². The molecule has 1 amide bonds. The summed E-state index contributed by atoms with van der Waals surface area (Å²) in [6, 6.07) is 16.5. The SMILES string of the molecule is COc1ccc(C(=O)N2CCCC2)c(OC2CCN(Cc3cc4ccccc4s3)CC2)c1. The minimum atomic E-state index is 0.0716. The Hall–Kier alpha value is -2.57. The van der Waals surface area contributed by atoms with Crippen molar-refractivity contribution >= 4 is 27.3 Å². The van der Waals surface area contributed by atoms with E-state index < -0.39 is 0 Å². The van der Waals surface area contributed by atoms with Crippen LogP contribution in [-0.2, 0) is 6.54 Å². The van der Waals surface area contributed by atoms with E-state index in [1.54, 1.807) is 7.11 Å². The van der Waals surface area contributed by atoms with Gasteiger partial charge in [0.2, 0.25) is 0 Å². The Kier molecular flexibility index (Phi) is 6.32. The van der Waals surface area contributed by atoms with Gasteiger partial charge in [-0.1, -0.05) is 18.2 Å². The number of methoxy groups -OCH3 is 1. The van der Waals surface area contributed by atoms with Gasteiger partial charge in [0, 0.05) is 48.4 Å². The lowest BCUT2D eigenvalue weighted by atomic mass is 10.1. The number of likely N-dealkylation sites (tertiary alicyclic amines) is 2. The van der Waals surface area contributed by atoms with Gasteiger partial charge in [-0.2, -0.15) is 0 Å². The van der Waals surface area contributed by atoms with Gasteiger partial charge >= 0.3 is 0 Å². The average Bonchev–Trinajstić information content (AvgIpc) is 3.49. The molecule has 3 aromatic rings. The molecule has 168 valence electrons. The summed E-state index contributed by atoms with van der Waals surface area (Å²) in [5.41, 5.74) is 0.653. The van der Waals surface area contributed by atoms with Crippen molar-refractivity contribution in [2.45, 2.75) is 38.3 Å². The Morgan fingerprint density at radius 2 is 1.81 bits per heavy atom. The van der Waals surface area contributed by atoms with Crippen LogP contribution in [0, 0.1) is 0 Å². The van der Waals surface area contributed by atoms with Crippen LogP contribution in [0.5, 0.6) is 11.5 Å². The van der Waals surface area contributed by atoms with Crippen molar-refractivity contribution in [3.63, 3.8) is 0 Å².